The van der Waals surface area contributed by atoms with Crippen molar-refractivity contribution in [1.82, 2.24) is 0 Å². The Bertz CT molecular complexity index is 441. The van der Waals surface area contributed by atoms with Gasteiger partial charge in [0, 0.05) is 13.0 Å². The van der Waals surface area contributed by atoms with Crippen molar-refractivity contribution in [1.29, 1.82) is 0 Å². The molecule has 0 aromatic carbocycles. The van der Waals surface area contributed by atoms with Crippen LogP contribution in [-0.2, 0) is 9.47 Å². The van der Waals surface area contributed by atoms with E-state index in [1.165, 1.54) is 32.1 Å². The smallest absolute Gasteiger partial charge is 0.158 e. The van der Waals surface area contributed by atoms with Crippen LogP contribution in [0.4, 0.5) is 0 Å². The van der Waals surface area contributed by atoms with Crippen LogP contribution in [0, 0.1) is 35.5 Å². The van der Waals surface area contributed by atoms with Gasteiger partial charge < -0.3 is 9.47 Å². The fraction of sp³-hybridized carbons (Fsp3) is 0.700. The van der Waals surface area contributed by atoms with Gasteiger partial charge in [-0.25, -0.2) is 0 Å². The first kappa shape index (κ1) is 18.6. The first-order valence-corrected chi connectivity index (χ1v) is 8.54. The molecule has 1 aliphatic rings. The molecular weight excluding hydrogens is 272 g/mol. The van der Waals surface area contributed by atoms with Gasteiger partial charge in [0.1, 0.15) is 6.61 Å². The van der Waals surface area contributed by atoms with Crippen LogP contribution < -0.4 is 0 Å². The highest BCUT2D eigenvalue weighted by atomic mass is 16.7. The van der Waals surface area contributed by atoms with E-state index >= 15 is 0 Å². The highest BCUT2D eigenvalue weighted by molar-refractivity contribution is 5.16. The van der Waals surface area contributed by atoms with Gasteiger partial charge in [0.05, 0.1) is 12.8 Å². The Morgan fingerprint density at radius 1 is 0.909 bits per heavy atom. The number of ether oxygens (including phenoxy) is 2. The second-order valence-corrected chi connectivity index (χ2v) is 5.33. The normalized spacial score (nSPS) is 16.5. The van der Waals surface area contributed by atoms with Gasteiger partial charge >= 0.3 is 0 Å². The topological polar surface area (TPSA) is 18.5 Å². The summed E-state index contributed by atoms with van der Waals surface area (Å²) in [6.07, 6.45) is 10.6. The molecule has 1 saturated heterocycles. The summed E-state index contributed by atoms with van der Waals surface area (Å²) in [5, 5.41) is 0. The van der Waals surface area contributed by atoms with Crippen molar-refractivity contribution < 1.29 is 9.47 Å². The van der Waals surface area contributed by atoms with Gasteiger partial charge in [-0.15, -0.1) is 5.92 Å². The van der Waals surface area contributed by atoms with E-state index in [0.29, 0.717) is 19.4 Å². The third-order valence-electron chi connectivity index (χ3n) is 3.36. The molecule has 1 fully saturated rings. The molecule has 0 amide bonds. The molecule has 1 atom stereocenters. The maximum absolute atomic E-state index is 5.52. The van der Waals surface area contributed by atoms with Gasteiger partial charge in [-0.3, -0.25) is 0 Å². The van der Waals surface area contributed by atoms with Crippen LogP contribution >= 0.6 is 0 Å². The summed E-state index contributed by atoms with van der Waals surface area (Å²) in [5.74, 6) is 18.3. The van der Waals surface area contributed by atoms with Gasteiger partial charge in [0.25, 0.3) is 0 Å². The zero-order chi connectivity index (χ0) is 15.7. The third kappa shape index (κ3) is 11.3. The van der Waals surface area contributed by atoms with Crippen LogP contribution in [0.3, 0.4) is 0 Å². The number of hydrogen-bond donors (Lipinski definition) is 0. The maximum Gasteiger partial charge on any atom is 0.158 e. The second kappa shape index (κ2) is 14.5. The predicted octanol–water partition coefficient (Wildman–Crippen LogP) is 4.29. The van der Waals surface area contributed by atoms with Crippen LogP contribution in [0.2, 0.25) is 0 Å². The molecule has 0 saturated carbocycles. The van der Waals surface area contributed by atoms with Gasteiger partial charge in [-0.2, -0.15) is 0 Å². The quantitative estimate of drug-likeness (QED) is 0.538. The van der Waals surface area contributed by atoms with Crippen molar-refractivity contribution in [3.05, 3.63) is 0 Å². The van der Waals surface area contributed by atoms with Crippen molar-refractivity contribution in [2.75, 3.05) is 13.2 Å². The molecule has 0 aliphatic carbocycles. The predicted molar refractivity (Wildman–Crippen MR) is 90.9 cm³/mol. The lowest BCUT2D eigenvalue weighted by molar-refractivity contribution is -0.154. The largest absolute Gasteiger partial charge is 0.353 e. The summed E-state index contributed by atoms with van der Waals surface area (Å²) in [6.45, 7) is 3.47. The van der Waals surface area contributed by atoms with Crippen LogP contribution in [-0.4, -0.2) is 19.5 Å². The lowest BCUT2D eigenvalue weighted by atomic mass is 10.1. The molecule has 0 N–H and O–H groups in total. The first-order chi connectivity index (χ1) is 10.9. The lowest BCUT2D eigenvalue weighted by Gasteiger charge is -2.21. The summed E-state index contributed by atoms with van der Waals surface area (Å²) >= 11 is 0. The molecule has 1 aliphatic heterocycles. The van der Waals surface area contributed by atoms with E-state index in [0.717, 1.165) is 25.9 Å². The van der Waals surface area contributed by atoms with Crippen molar-refractivity contribution in [3.63, 3.8) is 0 Å². The van der Waals surface area contributed by atoms with E-state index in [9.17, 15) is 0 Å². The minimum atomic E-state index is -0.0539. The zero-order valence-corrected chi connectivity index (χ0v) is 13.9. The molecular formula is C20H28O2. The average molecular weight is 300 g/mol. The molecule has 120 valence electrons. The summed E-state index contributed by atoms with van der Waals surface area (Å²) in [7, 11) is 0. The monoisotopic (exact) mass is 300 g/mol. The fourth-order valence-corrected chi connectivity index (χ4v) is 2.10. The van der Waals surface area contributed by atoms with Gasteiger partial charge in [-0.05, 0) is 25.7 Å². The van der Waals surface area contributed by atoms with Gasteiger partial charge in [-0.1, -0.05) is 55.8 Å². The number of hydrogen-bond acceptors (Lipinski definition) is 2. The summed E-state index contributed by atoms with van der Waals surface area (Å²) in [6, 6.07) is 0. The minimum Gasteiger partial charge on any atom is -0.353 e. The first-order valence-electron chi connectivity index (χ1n) is 8.54. The molecule has 0 aromatic heterocycles. The third-order valence-corrected chi connectivity index (χ3v) is 3.36. The zero-order valence-electron chi connectivity index (χ0n) is 13.9. The van der Waals surface area contributed by atoms with E-state index < -0.39 is 0 Å². The van der Waals surface area contributed by atoms with Crippen molar-refractivity contribution in [3.8, 4) is 35.5 Å². The van der Waals surface area contributed by atoms with E-state index in [1.807, 2.05) is 0 Å². The minimum absolute atomic E-state index is 0.0539. The van der Waals surface area contributed by atoms with Crippen LogP contribution in [0.5, 0.6) is 0 Å². The fourth-order valence-electron chi connectivity index (χ4n) is 2.10. The van der Waals surface area contributed by atoms with E-state index in [2.05, 4.69) is 42.4 Å². The average Bonchev–Trinajstić information content (AvgIpc) is 2.56. The molecule has 2 nitrogen and oxygen atoms in total. The molecule has 1 unspecified atom stereocenters. The number of rotatable bonds is 6. The Balaban J connectivity index is 1.96. The molecule has 1 heterocycles. The summed E-state index contributed by atoms with van der Waals surface area (Å²) < 4.78 is 11.0. The van der Waals surface area contributed by atoms with Crippen molar-refractivity contribution in [2.24, 2.45) is 0 Å². The summed E-state index contributed by atoms with van der Waals surface area (Å²) in [5.41, 5.74) is 0. The van der Waals surface area contributed by atoms with Gasteiger partial charge in [0.2, 0.25) is 0 Å². The standard InChI is InChI=1S/C20H28O2/c1-2-3-4-5-6-7-8-9-10-11-12-13-15-18-21-20-17-14-16-19-22-20/h20H,2-6,9,12,14,16-19H2,1H3. The SMILES string of the molecule is CCCCCCC#CCC#CCC#CCOC1CCCCO1. The van der Waals surface area contributed by atoms with Crippen LogP contribution in [0.1, 0.15) is 71.1 Å². The van der Waals surface area contributed by atoms with Crippen molar-refractivity contribution in [2.45, 2.75) is 77.4 Å². The Hall–Kier alpha value is -1.40. The molecule has 0 spiro atoms. The second-order valence-electron chi connectivity index (χ2n) is 5.33. The highest BCUT2D eigenvalue weighted by Gasteiger charge is 2.12. The van der Waals surface area contributed by atoms with E-state index in [4.69, 9.17) is 9.47 Å². The van der Waals surface area contributed by atoms with Crippen LogP contribution in [0.25, 0.3) is 0 Å². The van der Waals surface area contributed by atoms with Gasteiger partial charge in [0.15, 0.2) is 6.29 Å². The van der Waals surface area contributed by atoms with Crippen molar-refractivity contribution >= 4 is 0 Å². The molecule has 0 bridgehead atoms. The molecule has 2 heteroatoms. The molecule has 1 rings (SSSR count). The number of unbranched alkanes of at least 4 members (excludes halogenated alkanes) is 4. The molecule has 0 aromatic rings. The Kier molecular flexibility index (Phi) is 12.3. The highest BCUT2D eigenvalue weighted by Crippen LogP contribution is 2.12. The van der Waals surface area contributed by atoms with E-state index in [1.54, 1.807) is 0 Å². The van der Waals surface area contributed by atoms with Crippen LogP contribution in [0.15, 0.2) is 0 Å². The maximum atomic E-state index is 5.52. The summed E-state index contributed by atoms with van der Waals surface area (Å²) in [4.78, 5) is 0. The Labute approximate surface area is 136 Å². The molecule has 22 heavy (non-hydrogen) atoms. The van der Waals surface area contributed by atoms with E-state index in [-0.39, 0.29) is 6.29 Å². The Morgan fingerprint density at radius 2 is 1.68 bits per heavy atom. The lowest BCUT2D eigenvalue weighted by Crippen LogP contribution is -2.22. The Morgan fingerprint density at radius 3 is 2.41 bits per heavy atom. The molecule has 0 radical (unpaired) electrons.